The minimum atomic E-state index is -3.71. The normalized spacial score (nSPS) is 20.0. The maximum absolute atomic E-state index is 12.2. The van der Waals surface area contributed by atoms with Crippen molar-refractivity contribution in [2.45, 2.75) is 25.7 Å². The van der Waals surface area contributed by atoms with Crippen LogP contribution in [-0.4, -0.2) is 62.8 Å². The number of hydrogen-bond acceptors (Lipinski definition) is 8. The fraction of sp³-hybridized carbons (Fsp3) is 0.615. The Kier molecular flexibility index (Phi) is 5.33. The first-order valence-corrected chi connectivity index (χ1v) is 9.17. The molecule has 1 fully saturated rings. The summed E-state index contributed by atoms with van der Waals surface area (Å²) in [5, 5.41) is -0.273. The topological polar surface area (TPSA) is 108 Å². The van der Waals surface area contributed by atoms with Crippen LogP contribution in [0.3, 0.4) is 0 Å². The molecule has 1 aromatic rings. The van der Waals surface area contributed by atoms with Crippen LogP contribution < -0.4 is 4.31 Å². The number of carbonyl (C=O) groups excluding carboxylic acids is 1. The van der Waals surface area contributed by atoms with Gasteiger partial charge in [-0.25, -0.2) is 18.2 Å². The number of anilines is 1. The van der Waals surface area contributed by atoms with Gasteiger partial charge in [0.2, 0.25) is 15.3 Å². The minimum absolute atomic E-state index is 0.0454. The molecule has 2 heterocycles. The summed E-state index contributed by atoms with van der Waals surface area (Å²) in [6.07, 6.45) is 0.520. The van der Waals surface area contributed by atoms with Gasteiger partial charge in [0.15, 0.2) is 11.5 Å². The van der Waals surface area contributed by atoms with Crippen molar-refractivity contribution < 1.29 is 27.4 Å². The van der Waals surface area contributed by atoms with Crippen molar-refractivity contribution in [1.29, 1.82) is 0 Å². The van der Waals surface area contributed by atoms with Crippen molar-refractivity contribution in [2.24, 2.45) is 0 Å². The van der Waals surface area contributed by atoms with E-state index in [0.717, 1.165) is 10.6 Å². The largest absolute Gasteiger partial charge is 0.464 e. The second-order valence-corrected chi connectivity index (χ2v) is 7.86. The van der Waals surface area contributed by atoms with Crippen molar-refractivity contribution in [3.05, 3.63) is 17.0 Å². The van der Waals surface area contributed by atoms with Crippen LogP contribution in [0.4, 0.5) is 5.82 Å². The lowest BCUT2D eigenvalue weighted by Gasteiger charge is -2.25. The molecule has 0 radical (unpaired) electrons. The summed E-state index contributed by atoms with van der Waals surface area (Å²) in [6, 6.07) is 1.19. The van der Waals surface area contributed by atoms with E-state index >= 15 is 0 Å². The highest BCUT2D eigenvalue weighted by Gasteiger charge is 2.36. The van der Waals surface area contributed by atoms with E-state index in [1.54, 1.807) is 13.8 Å². The van der Waals surface area contributed by atoms with Crippen molar-refractivity contribution in [3.63, 3.8) is 0 Å². The van der Waals surface area contributed by atoms with Crippen molar-refractivity contribution >= 4 is 33.4 Å². The van der Waals surface area contributed by atoms with Gasteiger partial charge >= 0.3 is 5.97 Å². The zero-order valence-electron chi connectivity index (χ0n) is 13.6. The van der Waals surface area contributed by atoms with Crippen LogP contribution in [0, 0.1) is 0 Å². The van der Waals surface area contributed by atoms with Crippen molar-refractivity contribution in [3.8, 4) is 0 Å². The van der Waals surface area contributed by atoms with Gasteiger partial charge in [-0.15, -0.1) is 0 Å². The number of halogens is 1. The van der Waals surface area contributed by atoms with Gasteiger partial charge in [-0.05, 0) is 25.4 Å². The molecule has 0 amide bonds. The summed E-state index contributed by atoms with van der Waals surface area (Å²) < 4.78 is 40.9. The van der Waals surface area contributed by atoms with Crippen LogP contribution in [-0.2, 0) is 24.2 Å². The second-order valence-electron chi connectivity index (χ2n) is 5.62. The maximum atomic E-state index is 12.2. The molecule has 1 aromatic heterocycles. The third-order valence-corrected chi connectivity index (χ3v) is 4.48. The van der Waals surface area contributed by atoms with E-state index in [0.29, 0.717) is 0 Å². The van der Waals surface area contributed by atoms with Gasteiger partial charge in [-0.3, -0.25) is 4.31 Å². The molecule has 1 atom stereocenters. The highest BCUT2D eigenvalue weighted by Crippen LogP contribution is 2.26. The van der Waals surface area contributed by atoms with Gasteiger partial charge in [0.1, 0.15) is 11.9 Å². The zero-order valence-corrected chi connectivity index (χ0v) is 15.2. The van der Waals surface area contributed by atoms with Crippen LogP contribution in [0.2, 0.25) is 5.28 Å². The second kappa shape index (κ2) is 6.79. The van der Waals surface area contributed by atoms with Crippen LogP contribution in [0.15, 0.2) is 6.07 Å². The molecule has 1 saturated heterocycles. The molecule has 11 heteroatoms. The molecule has 134 valence electrons. The molecule has 1 aliphatic rings. The lowest BCUT2D eigenvalue weighted by Crippen LogP contribution is -2.39. The fourth-order valence-electron chi connectivity index (χ4n) is 2.18. The SMILES string of the molecule is COC(=O)c1cc(N(C[C@H]2COC(C)(C)O2)S(C)(=O)=O)nc(Cl)n1. The average Bonchev–Trinajstić information content (AvgIpc) is 2.81. The molecule has 0 saturated carbocycles. The molecule has 9 nitrogen and oxygen atoms in total. The van der Waals surface area contributed by atoms with Crippen molar-refractivity contribution in [1.82, 2.24) is 9.97 Å². The van der Waals surface area contributed by atoms with E-state index < -0.39 is 27.9 Å². The fourth-order valence-corrected chi connectivity index (χ4v) is 3.23. The Morgan fingerprint density at radius 3 is 2.67 bits per heavy atom. The lowest BCUT2D eigenvalue weighted by molar-refractivity contribution is -0.136. The van der Waals surface area contributed by atoms with E-state index in [1.807, 2.05) is 0 Å². The number of carbonyl (C=O) groups is 1. The number of rotatable bonds is 5. The number of hydrogen-bond donors (Lipinski definition) is 0. The predicted octanol–water partition coefficient (Wildman–Crippen LogP) is 0.834. The van der Waals surface area contributed by atoms with Gasteiger partial charge in [-0.2, -0.15) is 4.98 Å². The maximum Gasteiger partial charge on any atom is 0.356 e. The molecule has 0 unspecified atom stereocenters. The average molecular weight is 380 g/mol. The van der Waals surface area contributed by atoms with Gasteiger partial charge in [0.05, 0.1) is 26.5 Å². The third kappa shape index (κ3) is 4.53. The molecule has 2 rings (SSSR count). The summed E-state index contributed by atoms with van der Waals surface area (Å²) in [7, 11) is -2.53. The van der Waals surface area contributed by atoms with Gasteiger partial charge < -0.3 is 14.2 Å². The highest BCUT2D eigenvalue weighted by atomic mass is 35.5. The first-order valence-electron chi connectivity index (χ1n) is 6.94. The molecule has 0 aliphatic carbocycles. The minimum Gasteiger partial charge on any atom is -0.464 e. The predicted molar refractivity (Wildman–Crippen MR) is 85.5 cm³/mol. The van der Waals surface area contributed by atoms with E-state index in [4.69, 9.17) is 21.1 Å². The monoisotopic (exact) mass is 379 g/mol. The molecule has 0 bridgehead atoms. The van der Waals surface area contributed by atoms with E-state index in [-0.39, 0.29) is 29.9 Å². The highest BCUT2D eigenvalue weighted by molar-refractivity contribution is 7.92. The molecule has 1 aliphatic heterocycles. The number of aromatic nitrogens is 2. The van der Waals surface area contributed by atoms with Gasteiger partial charge in [-0.1, -0.05) is 0 Å². The molecule has 0 spiro atoms. The standard InChI is InChI=1S/C13H18ClN3O6S/c1-13(2)22-7-8(23-13)6-17(24(4,19)20)10-5-9(11(18)21-3)15-12(14)16-10/h5,8H,6-7H2,1-4H3/t8-/m0/s1. The van der Waals surface area contributed by atoms with Gasteiger partial charge in [0.25, 0.3) is 0 Å². The number of methoxy groups -OCH3 is 1. The summed E-state index contributed by atoms with van der Waals surface area (Å²) in [5.41, 5.74) is -0.148. The summed E-state index contributed by atoms with van der Waals surface area (Å²) in [5.74, 6) is -1.60. The molecule has 0 N–H and O–H groups in total. The number of nitrogens with zero attached hydrogens (tertiary/aromatic N) is 3. The molecular formula is C13H18ClN3O6S. The van der Waals surface area contributed by atoms with Crippen LogP contribution >= 0.6 is 11.6 Å². The number of esters is 1. The van der Waals surface area contributed by atoms with Crippen LogP contribution in [0.25, 0.3) is 0 Å². The Balaban J connectivity index is 2.36. The van der Waals surface area contributed by atoms with Crippen LogP contribution in [0.1, 0.15) is 24.3 Å². The first kappa shape index (κ1) is 18.8. The van der Waals surface area contributed by atoms with Crippen LogP contribution in [0.5, 0.6) is 0 Å². The molecule has 24 heavy (non-hydrogen) atoms. The Labute approximate surface area is 144 Å². The van der Waals surface area contributed by atoms with E-state index in [1.165, 1.54) is 13.2 Å². The summed E-state index contributed by atoms with van der Waals surface area (Å²) in [6.45, 7) is 3.64. The first-order chi connectivity index (χ1) is 11.0. The third-order valence-electron chi connectivity index (χ3n) is 3.17. The Morgan fingerprint density at radius 2 is 2.17 bits per heavy atom. The zero-order chi connectivity index (χ0) is 18.1. The molecule has 0 aromatic carbocycles. The van der Waals surface area contributed by atoms with E-state index in [2.05, 4.69) is 14.7 Å². The summed E-state index contributed by atoms with van der Waals surface area (Å²) >= 11 is 5.80. The van der Waals surface area contributed by atoms with Gasteiger partial charge in [0, 0.05) is 6.07 Å². The molecular weight excluding hydrogens is 362 g/mol. The number of ether oxygens (including phenoxy) is 3. The summed E-state index contributed by atoms with van der Waals surface area (Å²) in [4.78, 5) is 19.3. The quantitative estimate of drug-likeness (QED) is 0.547. The smallest absolute Gasteiger partial charge is 0.356 e. The Hall–Kier alpha value is -1.49. The van der Waals surface area contributed by atoms with Crippen molar-refractivity contribution in [2.75, 3.05) is 30.8 Å². The lowest BCUT2D eigenvalue weighted by atomic mass is 10.3. The number of sulfonamides is 1. The van der Waals surface area contributed by atoms with E-state index in [9.17, 15) is 13.2 Å². The Morgan fingerprint density at radius 1 is 1.50 bits per heavy atom. The Bertz CT molecular complexity index is 739.